The summed E-state index contributed by atoms with van der Waals surface area (Å²) in [6.07, 6.45) is 6.63. The van der Waals surface area contributed by atoms with E-state index in [9.17, 15) is 9.59 Å². The summed E-state index contributed by atoms with van der Waals surface area (Å²) >= 11 is 0. The summed E-state index contributed by atoms with van der Waals surface area (Å²) in [5, 5.41) is 2.86. The molecule has 5 rings (SSSR count). The fourth-order valence-electron chi connectivity index (χ4n) is 5.58. The van der Waals surface area contributed by atoms with Gasteiger partial charge in [-0.3, -0.25) is 9.59 Å². The van der Waals surface area contributed by atoms with Crippen molar-refractivity contribution >= 4 is 17.5 Å². The Morgan fingerprint density at radius 3 is 2.54 bits per heavy atom. The third-order valence-corrected chi connectivity index (χ3v) is 7.48. The summed E-state index contributed by atoms with van der Waals surface area (Å²) in [5.74, 6) is 1.56. The summed E-state index contributed by atoms with van der Waals surface area (Å²) < 4.78 is 11.9. The number of hydrogen-bond acceptors (Lipinski definition) is 5. The molecule has 186 valence electrons. The largest absolute Gasteiger partial charge is 0.493 e. The van der Waals surface area contributed by atoms with E-state index < -0.39 is 6.04 Å². The van der Waals surface area contributed by atoms with Crippen LogP contribution in [0.25, 0.3) is 0 Å². The first kappa shape index (κ1) is 23.5. The lowest BCUT2D eigenvalue weighted by Gasteiger charge is -2.43. The molecule has 2 aromatic carbocycles. The van der Waals surface area contributed by atoms with E-state index in [-0.39, 0.29) is 24.0 Å². The molecule has 1 aliphatic carbocycles. The van der Waals surface area contributed by atoms with Crippen molar-refractivity contribution in [2.75, 3.05) is 31.6 Å². The SMILES string of the molecule is COc1ccc(N2CCN(C(=O)[C@H]3CCC(=O)N3)[C@@H](Cc3ccccc3)C2)cc1OC1CCCC1. The van der Waals surface area contributed by atoms with Gasteiger partial charge in [0.05, 0.1) is 19.3 Å². The van der Waals surface area contributed by atoms with Crippen LogP contribution in [0.1, 0.15) is 44.1 Å². The normalized spacial score (nSPS) is 22.8. The fraction of sp³-hybridized carbons (Fsp3) is 0.500. The maximum absolute atomic E-state index is 13.4. The van der Waals surface area contributed by atoms with E-state index in [1.165, 1.54) is 18.4 Å². The zero-order valence-corrected chi connectivity index (χ0v) is 20.4. The van der Waals surface area contributed by atoms with E-state index in [0.29, 0.717) is 19.4 Å². The van der Waals surface area contributed by atoms with Crippen LogP contribution in [0.2, 0.25) is 0 Å². The Hall–Kier alpha value is -3.22. The molecular formula is C28H35N3O4. The number of nitrogens with zero attached hydrogens (tertiary/aromatic N) is 2. The van der Waals surface area contributed by atoms with Crippen LogP contribution in [0.4, 0.5) is 5.69 Å². The number of methoxy groups -OCH3 is 1. The number of hydrogen-bond donors (Lipinski definition) is 1. The van der Waals surface area contributed by atoms with E-state index in [1.807, 2.05) is 29.2 Å². The van der Waals surface area contributed by atoms with Crippen molar-refractivity contribution < 1.29 is 19.1 Å². The molecule has 0 spiro atoms. The minimum Gasteiger partial charge on any atom is -0.493 e. The molecule has 1 saturated carbocycles. The maximum atomic E-state index is 13.4. The van der Waals surface area contributed by atoms with Gasteiger partial charge < -0.3 is 24.6 Å². The molecule has 2 aliphatic heterocycles. The lowest BCUT2D eigenvalue weighted by atomic mass is 10.00. The summed E-state index contributed by atoms with van der Waals surface area (Å²) in [4.78, 5) is 29.4. The van der Waals surface area contributed by atoms with E-state index in [2.05, 4.69) is 34.5 Å². The summed E-state index contributed by atoms with van der Waals surface area (Å²) in [6, 6.07) is 16.1. The molecule has 0 unspecified atom stereocenters. The number of nitrogens with one attached hydrogen (secondary N) is 1. The standard InChI is InChI=1S/C28H35N3O4/c1-34-25-13-11-21(18-26(25)35-23-9-5-6-10-23)30-15-16-31(28(33)24-12-14-27(32)29-24)22(19-30)17-20-7-3-2-4-8-20/h2-4,7-8,11,13,18,22-24H,5-6,9-10,12,14-17,19H2,1H3,(H,29,32)/t22-,24+/m0/s1. The number of piperazine rings is 1. The second-order valence-corrected chi connectivity index (χ2v) is 9.84. The number of carbonyl (C=O) groups excluding carboxylic acids is 2. The average molecular weight is 478 g/mol. The number of rotatable bonds is 7. The molecular weight excluding hydrogens is 442 g/mol. The Morgan fingerprint density at radius 1 is 1.03 bits per heavy atom. The molecule has 35 heavy (non-hydrogen) atoms. The lowest BCUT2D eigenvalue weighted by Crippen LogP contribution is -2.59. The van der Waals surface area contributed by atoms with Gasteiger partial charge in [0.25, 0.3) is 0 Å². The van der Waals surface area contributed by atoms with Crippen LogP contribution in [0.15, 0.2) is 48.5 Å². The molecule has 7 heteroatoms. The fourth-order valence-corrected chi connectivity index (χ4v) is 5.58. The van der Waals surface area contributed by atoms with Gasteiger partial charge in [0.15, 0.2) is 11.5 Å². The molecule has 1 N–H and O–H groups in total. The van der Waals surface area contributed by atoms with Crippen LogP contribution in [0, 0.1) is 0 Å². The maximum Gasteiger partial charge on any atom is 0.245 e. The predicted molar refractivity (Wildman–Crippen MR) is 135 cm³/mol. The third kappa shape index (κ3) is 5.39. The highest BCUT2D eigenvalue weighted by molar-refractivity contribution is 5.91. The van der Waals surface area contributed by atoms with Gasteiger partial charge in [-0.25, -0.2) is 0 Å². The highest BCUT2D eigenvalue weighted by atomic mass is 16.5. The topological polar surface area (TPSA) is 71.1 Å². The van der Waals surface area contributed by atoms with E-state index in [4.69, 9.17) is 9.47 Å². The van der Waals surface area contributed by atoms with Gasteiger partial charge in [0.1, 0.15) is 6.04 Å². The van der Waals surface area contributed by atoms with Gasteiger partial charge in [-0.05, 0) is 56.2 Å². The predicted octanol–water partition coefficient (Wildman–Crippen LogP) is 3.56. The highest BCUT2D eigenvalue weighted by Gasteiger charge is 2.37. The average Bonchev–Trinajstić information content (AvgIpc) is 3.56. The van der Waals surface area contributed by atoms with Gasteiger partial charge in [-0.15, -0.1) is 0 Å². The minimum atomic E-state index is -0.403. The zero-order valence-electron chi connectivity index (χ0n) is 20.4. The van der Waals surface area contributed by atoms with Crippen molar-refractivity contribution in [3.05, 3.63) is 54.1 Å². The third-order valence-electron chi connectivity index (χ3n) is 7.48. The van der Waals surface area contributed by atoms with Crippen molar-refractivity contribution in [2.45, 2.75) is 63.1 Å². The molecule has 0 radical (unpaired) electrons. The Bertz CT molecular complexity index is 1040. The van der Waals surface area contributed by atoms with Crippen LogP contribution >= 0.6 is 0 Å². The molecule has 3 aliphatic rings. The van der Waals surface area contributed by atoms with Crippen molar-refractivity contribution in [2.24, 2.45) is 0 Å². The second kappa shape index (κ2) is 10.6. The van der Waals surface area contributed by atoms with E-state index >= 15 is 0 Å². The Balaban J connectivity index is 1.36. The first-order valence-corrected chi connectivity index (χ1v) is 12.8. The first-order chi connectivity index (χ1) is 17.1. The molecule has 0 bridgehead atoms. The van der Waals surface area contributed by atoms with Crippen molar-refractivity contribution in [3.63, 3.8) is 0 Å². The smallest absolute Gasteiger partial charge is 0.245 e. The number of amides is 2. The van der Waals surface area contributed by atoms with Crippen LogP contribution in [-0.2, 0) is 16.0 Å². The molecule has 2 amide bonds. The number of anilines is 1. The van der Waals surface area contributed by atoms with Gasteiger partial charge in [0.2, 0.25) is 11.8 Å². The van der Waals surface area contributed by atoms with Gasteiger partial charge in [0, 0.05) is 37.8 Å². The highest BCUT2D eigenvalue weighted by Crippen LogP contribution is 2.36. The minimum absolute atomic E-state index is 0.0115. The Labute approximate surface area is 207 Å². The quantitative estimate of drug-likeness (QED) is 0.660. The van der Waals surface area contributed by atoms with Crippen molar-refractivity contribution in [1.82, 2.24) is 10.2 Å². The second-order valence-electron chi connectivity index (χ2n) is 9.84. The number of ether oxygens (including phenoxy) is 2. The molecule has 7 nitrogen and oxygen atoms in total. The lowest BCUT2D eigenvalue weighted by molar-refractivity contribution is -0.137. The van der Waals surface area contributed by atoms with Crippen LogP contribution < -0.4 is 19.7 Å². The van der Waals surface area contributed by atoms with Crippen LogP contribution in [0.5, 0.6) is 11.5 Å². The molecule has 2 atom stereocenters. The monoisotopic (exact) mass is 477 g/mol. The molecule has 3 fully saturated rings. The van der Waals surface area contributed by atoms with Crippen LogP contribution in [0.3, 0.4) is 0 Å². The van der Waals surface area contributed by atoms with Crippen molar-refractivity contribution in [3.8, 4) is 11.5 Å². The summed E-state index contributed by atoms with van der Waals surface area (Å²) in [6.45, 7) is 2.07. The number of carbonyl (C=O) groups is 2. The number of benzene rings is 2. The summed E-state index contributed by atoms with van der Waals surface area (Å²) in [7, 11) is 1.68. The Morgan fingerprint density at radius 2 is 1.83 bits per heavy atom. The van der Waals surface area contributed by atoms with Gasteiger partial charge in [-0.2, -0.15) is 0 Å². The first-order valence-electron chi connectivity index (χ1n) is 12.8. The van der Waals surface area contributed by atoms with Crippen LogP contribution in [-0.4, -0.2) is 61.6 Å². The van der Waals surface area contributed by atoms with Gasteiger partial charge in [-0.1, -0.05) is 30.3 Å². The van der Waals surface area contributed by atoms with Crippen molar-refractivity contribution in [1.29, 1.82) is 0 Å². The zero-order chi connectivity index (χ0) is 24.2. The molecule has 2 aromatic rings. The molecule has 2 saturated heterocycles. The van der Waals surface area contributed by atoms with Gasteiger partial charge >= 0.3 is 0 Å². The van der Waals surface area contributed by atoms with E-state index in [0.717, 1.165) is 49.5 Å². The molecule has 2 heterocycles. The Kier molecular flexibility index (Phi) is 7.11. The summed E-state index contributed by atoms with van der Waals surface area (Å²) in [5.41, 5.74) is 2.28. The van der Waals surface area contributed by atoms with E-state index in [1.54, 1.807) is 7.11 Å². The molecule has 0 aromatic heterocycles.